The van der Waals surface area contributed by atoms with Crippen molar-refractivity contribution >= 4 is 33.2 Å². The second-order valence-corrected chi connectivity index (χ2v) is 7.84. The van der Waals surface area contributed by atoms with E-state index >= 15 is 0 Å². The first kappa shape index (κ1) is 19.7. The lowest BCUT2D eigenvalue weighted by atomic mass is 10.1. The molecule has 1 heterocycles. The molecule has 0 spiro atoms. The van der Waals surface area contributed by atoms with Crippen LogP contribution in [0.3, 0.4) is 0 Å². The van der Waals surface area contributed by atoms with E-state index in [1.807, 2.05) is 0 Å². The van der Waals surface area contributed by atoms with E-state index in [0.29, 0.717) is 0 Å². The van der Waals surface area contributed by atoms with Gasteiger partial charge in [0.05, 0.1) is 26.3 Å². The van der Waals surface area contributed by atoms with Crippen LogP contribution in [-0.4, -0.2) is 18.2 Å². The maximum atomic E-state index is 13.2. The van der Waals surface area contributed by atoms with Crippen LogP contribution in [0.4, 0.5) is 13.2 Å². The zero-order valence-electron chi connectivity index (χ0n) is 13.2. The molecule has 0 saturated heterocycles. The molecule has 0 aliphatic carbocycles. The van der Waals surface area contributed by atoms with Crippen molar-refractivity contribution in [3.63, 3.8) is 0 Å². The van der Waals surface area contributed by atoms with Gasteiger partial charge in [-0.3, -0.25) is 0 Å². The third kappa shape index (κ3) is 3.96. The van der Waals surface area contributed by atoms with E-state index in [4.69, 9.17) is 28.3 Å². The summed E-state index contributed by atoms with van der Waals surface area (Å²) in [5, 5.41) is 8.90. The van der Waals surface area contributed by atoms with E-state index in [9.17, 15) is 21.6 Å². The van der Waals surface area contributed by atoms with Crippen LogP contribution in [0.25, 0.3) is 16.9 Å². The average molecular weight is 436 g/mol. The smallest absolute Gasteiger partial charge is 0.232 e. The third-order valence-electron chi connectivity index (χ3n) is 3.63. The molecule has 142 valence electrons. The Morgan fingerprint density at radius 1 is 1.00 bits per heavy atom. The van der Waals surface area contributed by atoms with Gasteiger partial charge in [0.15, 0.2) is 5.69 Å². The summed E-state index contributed by atoms with van der Waals surface area (Å²) >= 11 is 12.3. The molecule has 0 amide bonds. The summed E-state index contributed by atoms with van der Waals surface area (Å²) in [4.78, 5) is -0.188. The minimum atomic E-state index is -4.70. The van der Waals surface area contributed by atoms with Gasteiger partial charge in [-0.05, 0) is 42.5 Å². The van der Waals surface area contributed by atoms with Gasteiger partial charge in [-0.1, -0.05) is 29.3 Å². The highest BCUT2D eigenvalue weighted by Gasteiger charge is 2.35. The highest BCUT2D eigenvalue weighted by molar-refractivity contribution is 7.89. The van der Waals surface area contributed by atoms with E-state index in [1.165, 1.54) is 24.3 Å². The zero-order valence-corrected chi connectivity index (χ0v) is 15.5. The van der Waals surface area contributed by atoms with Crippen molar-refractivity contribution in [1.29, 1.82) is 0 Å². The Hall–Kier alpha value is -2.07. The topological polar surface area (TPSA) is 78.0 Å². The van der Waals surface area contributed by atoms with Gasteiger partial charge >= 0.3 is 6.18 Å². The van der Waals surface area contributed by atoms with Crippen LogP contribution in [0.1, 0.15) is 5.69 Å². The number of hydrogen-bond donors (Lipinski definition) is 1. The Balaban J connectivity index is 2.25. The quantitative estimate of drug-likeness (QED) is 0.656. The van der Waals surface area contributed by atoms with Crippen LogP contribution in [0, 0.1) is 0 Å². The van der Waals surface area contributed by atoms with Crippen LogP contribution in [0.2, 0.25) is 10.0 Å². The van der Waals surface area contributed by atoms with Crippen molar-refractivity contribution < 1.29 is 21.6 Å². The van der Waals surface area contributed by atoms with Crippen molar-refractivity contribution in [2.45, 2.75) is 11.1 Å². The minimum absolute atomic E-state index is 0.00119. The fourth-order valence-electron chi connectivity index (χ4n) is 2.41. The molecule has 0 aliphatic heterocycles. The second kappa shape index (κ2) is 6.83. The molecule has 0 saturated carbocycles. The van der Waals surface area contributed by atoms with Crippen molar-refractivity contribution in [3.8, 4) is 16.9 Å². The molecular weight excluding hydrogens is 426 g/mol. The number of hydrogen-bond acceptors (Lipinski definition) is 3. The number of halogens is 5. The molecule has 0 unspecified atom stereocenters. The molecule has 0 atom stereocenters. The lowest BCUT2D eigenvalue weighted by Gasteiger charge is -2.11. The average Bonchev–Trinajstić information content (AvgIpc) is 2.99. The minimum Gasteiger partial charge on any atom is -0.232 e. The number of aromatic nitrogens is 2. The van der Waals surface area contributed by atoms with Gasteiger partial charge in [-0.25, -0.2) is 18.2 Å². The summed E-state index contributed by atoms with van der Waals surface area (Å²) in [7, 11) is -3.95. The van der Waals surface area contributed by atoms with E-state index < -0.39 is 21.9 Å². The molecule has 2 N–H and O–H groups in total. The normalized spacial score (nSPS) is 12.4. The molecule has 0 fully saturated rings. The maximum absolute atomic E-state index is 13.2. The maximum Gasteiger partial charge on any atom is 0.435 e. The largest absolute Gasteiger partial charge is 0.435 e. The molecule has 11 heteroatoms. The van der Waals surface area contributed by atoms with Gasteiger partial charge < -0.3 is 0 Å². The molecular formula is C16H10Cl2F3N3O2S. The Morgan fingerprint density at radius 3 is 2.04 bits per heavy atom. The molecule has 0 radical (unpaired) electrons. The fourth-order valence-corrected chi connectivity index (χ4v) is 3.52. The van der Waals surface area contributed by atoms with E-state index in [1.54, 1.807) is 6.07 Å². The number of alkyl halides is 3. The summed E-state index contributed by atoms with van der Waals surface area (Å²) in [6, 6.07) is 10.2. The monoisotopic (exact) mass is 435 g/mol. The number of sulfonamides is 1. The number of nitrogens with two attached hydrogens (primary N) is 1. The Morgan fingerprint density at radius 2 is 1.56 bits per heavy atom. The summed E-state index contributed by atoms with van der Waals surface area (Å²) in [5.74, 6) is 0. The van der Waals surface area contributed by atoms with Crippen LogP contribution in [0.5, 0.6) is 0 Å². The van der Waals surface area contributed by atoms with Crippen LogP contribution >= 0.6 is 23.2 Å². The lowest BCUT2D eigenvalue weighted by molar-refractivity contribution is -0.141. The van der Waals surface area contributed by atoms with Crippen molar-refractivity contribution in [2.75, 3.05) is 0 Å². The van der Waals surface area contributed by atoms with Gasteiger partial charge in [-0.2, -0.15) is 18.3 Å². The van der Waals surface area contributed by atoms with Crippen LogP contribution in [0.15, 0.2) is 53.4 Å². The Bertz CT molecular complexity index is 1090. The molecule has 2 aromatic carbocycles. The summed E-state index contributed by atoms with van der Waals surface area (Å²) < 4.78 is 63.3. The van der Waals surface area contributed by atoms with E-state index in [0.717, 1.165) is 22.9 Å². The van der Waals surface area contributed by atoms with Crippen molar-refractivity contribution in [3.05, 3.63) is 64.3 Å². The highest BCUT2D eigenvalue weighted by atomic mass is 35.5. The van der Waals surface area contributed by atoms with Crippen LogP contribution < -0.4 is 5.14 Å². The number of nitrogens with zero attached hydrogens (tertiary/aromatic N) is 2. The summed E-state index contributed by atoms with van der Waals surface area (Å²) in [6.45, 7) is 0. The standard InChI is InChI=1S/C16H10Cl2F3N3O2S/c17-11-2-1-3-12(18)15(11)13-8-14(16(19,20)21)23-24(13)9-4-6-10(7-5-9)27(22,25)26/h1-8H,(H2,22,25,26). The Labute approximate surface area is 162 Å². The fraction of sp³-hybridized carbons (Fsp3) is 0.0625. The molecule has 1 aromatic heterocycles. The highest BCUT2D eigenvalue weighted by Crippen LogP contribution is 2.39. The molecule has 27 heavy (non-hydrogen) atoms. The first-order valence-corrected chi connectivity index (χ1v) is 9.53. The van der Waals surface area contributed by atoms with Crippen molar-refractivity contribution in [1.82, 2.24) is 9.78 Å². The van der Waals surface area contributed by atoms with Crippen LogP contribution in [-0.2, 0) is 16.2 Å². The zero-order chi connectivity index (χ0) is 20.0. The SMILES string of the molecule is NS(=O)(=O)c1ccc(-n2nc(C(F)(F)F)cc2-c2c(Cl)cccc2Cl)cc1. The number of benzene rings is 2. The number of primary sulfonamides is 1. The first-order chi connectivity index (χ1) is 12.5. The van der Waals surface area contributed by atoms with Crippen molar-refractivity contribution in [2.24, 2.45) is 5.14 Å². The molecule has 0 aliphatic rings. The molecule has 3 rings (SSSR count). The predicted molar refractivity (Wildman–Crippen MR) is 95.4 cm³/mol. The molecule has 3 aromatic rings. The molecule has 0 bridgehead atoms. The van der Waals surface area contributed by atoms with E-state index in [-0.39, 0.29) is 31.9 Å². The second-order valence-electron chi connectivity index (χ2n) is 5.46. The number of rotatable bonds is 3. The van der Waals surface area contributed by atoms with Gasteiger partial charge in [0, 0.05) is 5.56 Å². The van der Waals surface area contributed by atoms with Gasteiger partial charge in [0.1, 0.15) is 0 Å². The summed E-state index contributed by atoms with van der Waals surface area (Å²) in [5.41, 5.74) is -0.812. The van der Waals surface area contributed by atoms with Gasteiger partial charge in [-0.15, -0.1) is 0 Å². The lowest BCUT2D eigenvalue weighted by Crippen LogP contribution is -2.12. The third-order valence-corrected chi connectivity index (χ3v) is 5.19. The van der Waals surface area contributed by atoms with Gasteiger partial charge in [0.25, 0.3) is 0 Å². The Kier molecular flexibility index (Phi) is 4.98. The predicted octanol–water partition coefficient (Wildman–Crippen LogP) is 4.51. The first-order valence-electron chi connectivity index (χ1n) is 7.23. The summed E-state index contributed by atoms with van der Waals surface area (Å²) in [6.07, 6.45) is -4.70. The van der Waals surface area contributed by atoms with E-state index in [2.05, 4.69) is 5.10 Å². The van der Waals surface area contributed by atoms with Gasteiger partial charge in [0.2, 0.25) is 10.0 Å². The molecule has 5 nitrogen and oxygen atoms in total.